The molecule has 0 saturated heterocycles. The number of carbonyl (C=O) groups excluding carboxylic acids is 1. The van der Waals surface area contributed by atoms with Gasteiger partial charge in [0.2, 0.25) is 0 Å². The average Bonchev–Trinajstić information content (AvgIpc) is 3.33. The van der Waals surface area contributed by atoms with E-state index in [1.54, 1.807) is 11.3 Å². The van der Waals surface area contributed by atoms with Gasteiger partial charge in [0.05, 0.1) is 19.1 Å². The zero-order valence-corrected chi connectivity index (χ0v) is 18.0. The first-order valence-corrected chi connectivity index (χ1v) is 10.8. The van der Waals surface area contributed by atoms with Crippen LogP contribution in [0.2, 0.25) is 0 Å². The minimum atomic E-state index is -0.117. The van der Waals surface area contributed by atoms with Gasteiger partial charge in [0.1, 0.15) is 0 Å². The Labute approximate surface area is 169 Å². The lowest BCUT2D eigenvalue weighted by molar-refractivity contribution is -0.140. The first kappa shape index (κ1) is 18.7. The molecule has 5 aliphatic carbocycles. The molecule has 4 bridgehead atoms. The quantitative estimate of drug-likeness (QED) is 0.635. The van der Waals surface area contributed by atoms with Crippen LogP contribution in [0.15, 0.2) is 10.4 Å². The number of hydrogen-bond acceptors (Lipinski definition) is 4. The van der Waals surface area contributed by atoms with E-state index in [1.165, 1.54) is 69.0 Å². The number of thiazole rings is 1. The Morgan fingerprint density at radius 1 is 1.23 bits per heavy atom. The zero-order valence-electron chi connectivity index (χ0n) is 15.5. The Bertz CT molecular complexity index is 714. The number of hydrogen-bond donors (Lipinski definition) is 0. The molecule has 5 fully saturated rings. The third kappa shape index (κ3) is 3.44. The number of rotatable bonds is 5. The van der Waals surface area contributed by atoms with Crippen molar-refractivity contribution in [3.05, 3.63) is 15.9 Å². The Morgan fingerprint density at radius 3 is 2.38 bits per heavy atom. The molecule has 0 unspecified atom stereocenters. The van der Waals surface area contributed by atoms with E-state index in [-0.39, 0.29) is 28.5 Å². The Morgan fingerprint density at radius 2 is 1.85 bits per heavy atom. The van der Waals surface area contributed by atoms with Gasteiger partial charge in [-0.1, -0.05) is 0 Å². The highest BCUT2D eigenvalue weighted by Gasteiger charge is 2.51. The minimum absolute atomic E-state index is 0. The van der Waals surface area contributed by atoms with Crippen LogP contribution < -0.4 is 4.80 Å². The second kappa shape index (κ2) is 7.08. The molecular weight excluding hydrogens is 412 g/mol. The summed E-state index contributed by atoms with van der Waals surface area (Å²) >= 11 is 1.80. The molecule has 0 aromatic carbocycles. The van der Waals surface area contributed by atoms with E-state index >= 15 is 0 Å². The van der Waals surface area contributed by atoms with E-state index in [0.29, 0.717) is 12.5 Å². The normalized spacial score (nSPS) is 35.4. The van der Waals surface area contributed by atoms with Crippen molar-refractivity contribution in [3.63, 3.8) is 0 Å². The van der Waals surface area contributed by atoms with Gasteiger partial charge in [0.25, 0.3) is 0 Å². The SMILES string of the molecule is Br.COC(=O)CCc1csc(=NC23CC4CC(CC(C4)C2)C3)n1C1CC1. The molecular formula is C20H29BrN2O2S. The van der Waals surface area contributed by atoms with Crippen molar-refractivity contribution < 1.29 is 9.53 Å². The van der Waals surface area contributed by atoms with Gasteiger partial charge in [-0.2, -0.15) is 0 Å². The van der Waals surface area contributed by atoms with Crippen molar-refractivity contribution in [2.45, 2.75) is 75.8 Å². The van der Waals surface area contributed by atoms with Gasteiger partial charge in [-0.05, 0) is 75.5 Å². The molecule has 6 rings (SSSR count). The Hall–Kier alpha value is -0.620. The smallest absolute Gasteiger partial charge is 0.305 e. The first-order valence-electron chi connectivity index (χ1n) is 9.96. The summed E-state index contributed by atoms with van der Waals surface area (Å²) in [5, 5.41) is 2.24. The van der Waals surface area contributed by atoms with Crippen molar-refractivity contribution >= 4 is 34.3 Å². The number of halogens is 1. The topological polar surface area (TPSA) is 43.6 Å². The molecule has 0 N–H and O–H groups in total. The third-order valence-electron chi connectivity index (χ3n) is 6.88. The number of aryl methyl sites for hydroxylation is 1. The van der Waals surface area contributed by atoms with Gasteiger partial charge >= 0.3 is 5.97 Å². The summed E-state index contributed by atoms with van der Waals surface area (Å²) in [6.45, 7) is 0. The lowest BCUT2D eigenvalue weighted by Crippen LogP contribution is -2.50. The zero-order chi connectivity index (χ0) is 17.0. The van der Waals surface area contributed by atoms with E-state index in [4.69, 9.17) is 9.73 Å². The molecule has 144 valence electrons. The second-order valence-corrected chi connectivity index (χ2v) is 9.78. The maximum Gasteiger partial charge on any atom is 0.305 e. The summed E-state index contributed by atoms with van der Waals surface area (Å²) in [6.07, 6.45) is 12.1. The fourth-order valence-corrected chi connectivity index (χ4v) is 7.18. The van der Waals surface area contributed by atoms with Gasteiger partial charge < -0.3 is 9.30 Å². The highest BCUT2D eigenvalue weighted by molar-refractivity contribution is 8.93. The summed E-state index contributed by atoms with van der Waals surface area (Å²) in [7, 11) is 1.47. The lowest BCUT2D eigenvalue weighted by Gasteiger charge is -2.54. The van der Waals surface area contributed by atoms with Crippen LogP contribution in [0.5, 0.6) is 0 Å². The predicted octanol–water partition coefficient (Wildman–Crippen LogP) is 4.44. The number of aromatic nitrogens is 1. The van der Waals surface area contributed by atoms with Crippen molar-refractivity contribution in [1.82, 2.24) is 4.57 Å². The van der Waals surface area contributed by atoms with Crippen LogP contribution in [0.25, 0.3) is 0 Å². The summed E-state index contributed by atoms with van der Waals surface area (Å²) in [4.78, 5) is 18.2. The second-order valence-electron chi connectivity index (χ2n) is 8.94. The minimum Gasteiger partial charge on any atom is -0.469 e. The van der Waals surface area contributed by atoms with Crippen LogP contribution in [-0.2, 0) is 16.0 Å². The highest BCUT2D eigenvalue weighted by atomic mass is 79.9. The number of carbonyl (C=O) groups is 1. The summed E-state index contributed by atoms with van der Waals surface area (Å²) in [5.74, 6) is 2.68. The van der Waals surface area contributed by atoms with Gasteiger partial charge in [-0.3, -0.25) is 9.79 Å². The molecule has 0 spiro atoms. The number of esters is 1. The predicted molar refractivity (Wildman–Crippen MR) is 108 cm³/mol. The fourth-order valence-electron chi connectivity index (χ4n) is 6.08. The molecule has 4 nitrogen and oxygen atoms in total. The summed E-state index contributed by atoms with van der Waals surface area (Å²) in [6, 6.07) is 0.617. The maximum atomic E-state index is 11.5. The van der Waals surface area contributed by atoms with Crippen molar-refractivity contribution in [2.75, 3.05) is 7.11 Å². The standard InChI is InChI=1S/C20H28N2O2S.BrH/c1-24-18(23)5-4-17-12-25-19(22(17)16-2-3-16)21-20-9-13-6-14(10-20)8-15(7-13)11-20;/h12-16H,2-11H2,1H3;1H. The van der Waals surface area contributed by atoms with Crippen LogP contribution in [-0.4, -0.2) is 23.2 Å². The van der Waals surface area contributed by atoms with E-state index in [9.17, 15) is 4.79 Å². The van der Waals surface area contributed by atoms with Crippen LogP contribution in [0.3, 0.4) is 0 Å². The van der Waals surface area contributed by atoms with Crippen LogP contribution in [0.1, 0.15) is 69.5 Å². The van der Waals surface area contributed by atoms with Crippen LogP contribution in [0.4, 0.5) is 0 Å². The van der Waals surface area contributed by atoms with Crippen LogP contribution in [0, 0.1) is 17.8 Å². The monoisotopic (exact) mass is 440 g/mol. The summed E-state index contributed by atoms with van der Waals surface area (Å²) in [5.41, 5.74) is 1.51. The molecule has 5 aliphatic rings. The first-order chi connectivity index (χ1) is 12.1. The van der Waals surface area contributed by atoms with Gasteiger partial charge in [0, 0.05) is 17.1 Å². The van der Waals surface area contributed by atoms with E-state index < -0.39 is 0 Å². The van der Waals surface area contributed by atoms with Crippen molar-refractivity contribution in [2.24, 2.45) is 22.7 Å². The highest BCUT2D eigenvalue weighted by Crippen LogP contribution is 2.57. The van der Waals surface area contributed by atoms with Crippen LogP contribution >= 0.6 is 28.3 Å². The van der Waals surface area contributed by atoms with E-state index in [1.807, 2.05) is 0 Å². The summed E-state index contributed by atoms with van der Waals surface area (Å²) < 4.78 is 7.28. The number of ether oxygens (including phenoxy) is 1. The van der Waals surface area contributed by atoms with Gasteiger partial charge in [0.15, 0.2) is 4.80 Å². The van der Waals surface area contributed by atoms with Gasteiger partial charge in [-0.15, -0.1) is 28.3 Å². The molecule has 1 aromatic heterocycles. The number of methoxy groups -OCH3 is 1. The van der Waals surface area contributed by atoms with E-state index in [2.05, 4.69) is 9.95 Å². The largest absolute Gasteiger partial charge is 0.469 e. The molecule has 0 amide bonds. The molecule has 6 heteroatoms. The average molecular weight is 441 g/mol. The maximum absolute atomic E-state index is 11.5. The molecule has 1 aromatic rings. The van der Waals surface area contributed by atoms with E-state index in [0.717, 1.165) is 24.2 Å². The molecule has 0 radical (unpaired) electrons. The van der Waals surface area contributed by atoms with Crippen molar-refractivity contribution in [3.8, 4) is 0 Å². The number of nitrogens with zero attached hydrogens (tertiary/aromatic N) is 2. The lowest BCUT2D eigenvalue weighted by atomic mass is 9.53. The Balaban J connectivity index is 0.00000168. The molecule has 0 atom stereocenters. The molecule has 26 heavy (non-hydrogen) atoms. The third-order valence-corrected chi connectivity index (χ3v) is 7.77. The van der Waals surface area contributed by atoms with Gasteiger partial charge in [-0.25, -0.2) is 0 Å². The molecule has 0 aliphatic heterocycles. The van der Waals surface area contributed by atoms with Crippen molar-refractivity contribution in [1.29, 1.82) is 0 Å². The Kier molecular flexibility index (Phi) is 5.10. The fraction of sp³-hybridized carbons (Fsp3) is 0.800. The molecule has 1 heterocycles. The molecule has 5 saturated carbocycles.